The Morgan fingerprint density at radius 1 is 0.941 bits per heavy atom. The van der Waals surface area contributed by atoms with Crippen LogP contribution >= 0.6 is 0 Å². The Labute approximate surface area is 205 Å². The van der Waals surface area contributed by atoms with E-state index >= 15 is 0 Å². The highest BCUT2D eigenvalue weighted by Crippen LogP contribution is 2.34. The lowest BCUT2D eigenvalue weighted by Crippen LogP contribution is -2.17. The summed E-state index contributed by atoms with van der Waals surface area (Å²) in [4.78, 5) is 11.1. The topological polar surface area (TPSA) is 68.8 Å². The minimum Gasteiger partial charge on any atom is -0.496 e. The van der Waals surface area contributed by atoms with Gasteiger partial charge in [-0.25, -0.2) is 0 Å². The maximum atomic E-state index is 11.1. The van der Waals surface area contributed by atoms with E-state index in [1.54, 1.807) is 26.8 Å². The summed E-state index contributed by atoms with van der Waals surface area (Å²) in [7, 11) is 6.77. The number of nitrogens with one attached hydrogen (secondary N) is 2. The third-order valence-electron chi connectivity index (χ3n) is 6.16. The first-order chi connectivity index (χ1) is 16.6. The van der Waals surface area contributed by atoms with E-state index in [9.17, 15) is 4.79 Å². The Morgan fingerprint density at radius 2 is 1.59 bits per heavy atom. The molecule has 1 amide bonds. The number of carbonyl (C=O) groups is 1. The van der Waals surface area contributed by atoms with Gasteiger partial charge in [0.15, 0.2) is 0 Å². The Bertz CT molecular complexity index is 811. The summed E-state index contributed by atoms with van der Waals surface area (Å²) in [6.07, 6.45) is 9.26. The van der Waals surface area contributed by atoms with Crippen LogP contribution in [0.4, 0.5) is 0 Å². The number of carbonyl (C=O) groups excluding carboxylic acids is 1. The minimum absolute atomic E-state index is 0.0553. The summed E-state index contributed by atoms with van der Waals surface area (Å²) in [6.45, 7) is 1.20. The van der Waals surface area contributed by atoms with Crippen LogP contribution < -0.4 is 24.8 Å². The third-order valence-corrected chi connectivity index (χ3v) is 6.16. The lowest BCUT2D eigenvalue weighted by atomic mass is 9.84. The van der Waals surface area contributed by atoms with Crippen molar-refractivity contribution in [2.75, 3.05) is 34.9 Å². The number of benzene rings is 2. The van der Waals surface area contributed by atoms with Gasteiger partial charge < -0.3 is 24.8 Å². The van der Waals surface area contributed by atoms with Gasteiger partial charge in [0.1, 0.15) is 17.2 Å². The molecule has 1 aliphatic carbocycles. The van der Waals surface area contributed by atoms with Crippen LogP contribution in [-0.2, 0) is 11.3 Å². The van der Waals surface area contributed by atoms with Crippen LogP contribution in [0.25, 0.3) is 0 Å². The summed E-state index contributed by atoms with van der Waals surface area (Å²) in [5.41, 5.74) is 2.51. The van der Waals surface area contributed by atoms with Crippen LogP contribution in [0.1, 0.15) is 68.4 Å². The molecule has 0 unspecified atom stereocenters. The molecule has 2 N–H and O–H groups in total. The Hall–Kier alpha value is -2.73. The molecule has 0 spiro atoms. The van der Waals surface area contributed by atoms with Gasteiger partial charge in [0.25, 0.3) is 0 Å². The molecule has 0 radical (unpaired) electrons. The number of rotatable bonds is 11. The van der Waals surface area contributed by atoms with Crippen molar-refractivity contribution in [1.29, 1.82) is 0 Å². The zero-order valence-electron chi connectivity index (χ0n) is 21.3. The monoisotopic (exact) mass is 470 g/mol. The van der Waals surface area contributed by atoms with E-state index in [1.807, 2.05) is 19.2 Å². The molecule has 1 aliphatic rings. The van der Waals surface area contributed by atoms with Crippen molar-refractivity contribution >= 4 is 5.91 Å². The zero-order valence-corrected chi connectivity index (χ0v) is 21.3. The predicted molar refractivity (Wildman–Crippen MR) is 138 cm³/mol. The standard InChI is InChI=1S/C16H26N2O4.C12H16/c1-17-11-13-14(20-3)9-12(10-15(13)21-4)22-8-6-5-7-16(19)18-2;1-3-7-11(8-4-1)12-9-5-2-6-10-12/h9-10,17H,5-8,11H2,1-4H3,(H,18,19);1,3-4,7-8,12H,2,5-6,9-10H2. The maximum Gasteiger partial charge on any atom is 0.219 e. The molecular formula is C28H42N2O4. The Morgan fingerprint density at radius 3 is 2.15 bits per heavy atom. The van der Waals surface area contributed by atoms with E-state index < -0.39 is 0 Å². The summed E-state index contributed by atoms with van der Waals surface area (Å²) in [5.74, 6) is 3.08. The fraction of sp³-hybridized carbons (Fsp3) is 0.536. The average molecular weight is 471 g/mol. The number of methoxy groups -OCH3 is 2. The maximum absolute atomic E-state index is 11.1. The van der Waals surface area contributed by atoms with Crippen LogP contribution in [-0.4, -0.2) is 40.8 Å². The normalized spacial score (nSPS) is 13.4. The highest BCUT2D eigenvalue weighted by molar-refractivity contribution is 5.75. The molecule has 0 heterocycles. The second-order valence-electron chi connectivity index (χ2n) is 8.56. The van der Waals surface area contributed by atoms with Crippen LogP contribution in [0, 0.1) is 0 Å². The highest BCUT2D eigenvalue weighted by Gasteiger charge is 2.14. The quantitative estimate of drug-likeness (QED) is 0.427. The average Bonchev–Trinajstić information content (AvgIpc) is 2.90. The molecule has 3 rings (SSSR count). The van der Waals surface area contributed by atoms with Gasteiger partial charge in [0, 0.05) is 32.1 Å². The fourth-order valence-corrected chi connectivity index (χ4v) is 4.26. The molecule has 0 bridgehead atoms. The summed E-state index contributed by atoms with van der Waals surface area (Å²) < 4.78 is 16.5. The largest absolute Gasteiger partial charge is 0.496 e. The molecule has 188 valence electrons. The van der Waals surface area contributed by atoms with Gasteiger partial charge in [0.05, 0.1) is 26.4 Å². The van der Waals surface area contributed by atoms with Crippen LogP contribution in [0.5, 0.6) is 17.2 Å². The number of ether oxygens (including phenoxy) is 3. The van der Waals surface area contributed by atoms with Crippen LogP contribution in [0.3, 0.4) is 0 Å². The highest BCUT2D eigenvalue weighted by atomic mass is 16.5. The lowest BCUT2D eigenvalue weighted by Gasteiger charge is -2.21. The van der Waals surface area contributed by atoms with Crippen molar-refractivity contribution in [3.05, 3.63) is 53.6 Å². The van der Waals surface area contributed by atoms with Crippen molar-refractivity contribution in [2.45, 2.75) is 63.8 Å². The first-order valence-electron chi connectivity index (χ1n) is 12.4. The summed E-state index contributed by atoms with van der Waals surface area (Å²) in [6, 6.07) is 14.7. The molecule has 2 aromatic carbocycles. The Kier molecular flexibility index (Phi) is 12.9. The lowest BCUT2D eigenvalue weighted by molar-refractivity contribution is -0.120. The Balaban J connectivity index is 0.000000283. The molecule has 0 atom stereocenters. The van der Waals surface area contributed by atoms with E-state index in [4.69, 9.17) is 14.2 Å². The van der Waals surface area contributed by atoms with Crippen molar-refractivity contribution in [3.8, 4) is 17.2 Å². The molecule has 6 heteroatoms. The van der Waals surface area contributed by atoms with E-state index in [0.717, 1.165) is 35.8 Å². The first-order valence-corrected chi connectivity index (χ1v) is 12.4. The third kappa shape index (κ3) is 9.26. The van der Waals surface area contributed by atoms with Gasteiger partial charge in [-0.2, -0.15) is 0 Å². The molecule has 34 heavy (non-hydrogen) atoms. The van der Waals surface area contributed by atoms with Gasteiger partial charge >= 0.3 is 0 Å². The van der Waals surface area contributed by atoms with Crippen molar-refractivity contribution in [2.24, 2.45) is 0 Å². The number of amides is 1. The second-order valence-corrected chi connectivity index (χ2v) is 8.56. The van der Waals surface area contributed by atoms with Crippen LogP contribution in [0.15, 0.2) is 42.5 Å². The van der Waals surface area contributed by atoms with Crippen molar-refractivity contribution in [3.63, 3.8) is 0 Å². The number of hydrogen-bond acceptors (Lipinski definition) is 5. The minimum atomic E-state index is 0.0553. The van der Waals surface area contributed by atoms with Gasteiger partial charge in [-0.05, 0) is 44.2 Å². The molecule has 6 nitrogen and oxygen atoms in total. The van der Waals surface area contributed by atoms with Crippen molar-refractivity contribution < 1.29 is 19.0 Å². The molecule has 1 fully saturated rings. The fourth-order valence-electron chi connectivity index (χ4n) is 4.26. The molecule has 0 aliphatic heterocycles. The van der Waals surface area contributed by atoms with E-state index in [-0.39, 0.29) is 5.91 Å². The molecular weight excluding hydrogens is 428 g/mol. The number of unbranched alkanes of at least 4 members (excludes halogenated alkanes) is 1. The van der Waals surface area contributed by atoms with Crippen molar-refractivity contribution in [1.82, 2.24) is 10.6 Å². The molecule has 2 aromatic rings. The van der Waals surface area contributed by atoms with Gasteiger partial charge in [-0.1, -0.05) is 49.6 Å². The van der Waals surface area contributed by atoms with E-state index in [0.29, 0.717) is 25.3 Å². The van der Waals surface area contributed by atoms with Crippen LogP contribution in [0.2, 0.25) is 0 Å². The van der Waals surface area contributed by atoms with Gasteiger partial charge in [-0.3, -0.25) is 4.79 Å². The SMILES string of the molecule is CNCc1c(OC)cc(OCCCCC(=O)NC)cc1OC.c1ccc(C2CCCCC2)cc1. The second kappa shape index (κ2) is 16.0. The molecule has 0 aromatic heterocycles. The molecule has 1 saturated carbocycles. The summed E-state index contributed by atoms with van der Waals surface area (Å²) >= 11 is 0. The molecule has 0 saturated heterocycles. The first kappa shape index (κ1) is 27.5. The zero-order chi connectivity index (χ0) is 24.6. The smallest absolute Gasteiger partial charge is 0.219 e. The summed E-state index contributed by atoms with van der Waals surface area (Å²) in [5, 5.41) is 5.69. The van der Waals surface area contributed by atoms with E-state index in [1.165, 1.54) is 32.1 Å². The number of hydrogen-bond donors (Lipinski definition) is 2. The van der Waals surface area contributed by atoms with Gasteiger partial charge in [-0.15, -0.1) is 0 Å². The van der Waals surface area contributed by atoms with Gasteiger partial charge in [0.2, 0.25) is 5.91 Å². The van der Waals surface area contributed by atoms with E-state index in [2.05, 4.69) is 41.0 Å². The predicted octanol–water partition coefficient (Wildman–Crippen LogP) is 5.45.